The molecular formula is C15H20N4O3S. The Morgan fingerprint density at radius 2 is 1.78 bits per heavy atom. The van der Waals surface area contributed by atoms with E-state index in [-0.39, 0.29) is 15.8 Å². The molecule has 1 N–H and O–H groups in total. The van der Waals surface area contributed by atoms with Gasteiger partial charge in [0.05, 0.1) is 4.90 Å². The molecule has 0 radical (unpaired) electrons. The van der Waals surface area contributed by atoms with Crippen molar-refractivity contribution in [3.8, 4) is 0 Å². The summed E-state index contributed by atoms with van der Waals surface area (Å²) in [5.41, 5.74) is 0. The molecule has 1 saturated heterocycles. The van der Waals surface area contributed by atoms with E-state index in [0.29, 0.717) is 6.01 Å². The number of hydrogen-bond acceptors (Lipinski definition) is 7. The Balaban J connectivity index is 1.97. The number of aromatic nitrogens is 1. The Bertz CT molecular complexity index is 765. The van der Waals surface area contributed by atoms with Crippen molar-refractivity contribution in [3.05, 3.63) is 30.3 Å². The number of nitrogens with one attached hydrogen (secondary N) is 1. The zero-order chi connectivity index (χ0) is 16.4. The van der Waals surface area contributed by atoms with Crippen molar-refractivity contribution in [1.29, 1.82) is 0 Å². The summed E-state index contributed by atoms with van der Waals surface area (Å²) in [5.74, 6) is 0.169. The third-order valence-corrected chi connectivity index (χ3v) is 5.57. The molecule has 2 heterocycles. The van der Waals surface area contributed by atoms with Gasteiger partial charge in [0.15, 0.2) is 0 Å². The summed E-state index contributed by atoms with van der Waals surface area (Å²) in [5, 5.41) is 2.72. The van der Waals surface area contributed by atoms with E-state index in [2.05, 4.69) is 22.2 Å². The molecule has 8 heteroatoms. The standard InChI is InChI=1S/C15H20N4O3S/c1-16-13-14(23(20,21)12-6-4-3-5-7-12)17-15(22-13)19-10-8-18(2)9-11-19/h3-7,16H,8-11H2,1-2H3. The molecule has 3 rings (SSSR count). The molecular weight excluding hydrogens is 316 g/mol. The molecule has 0 bridgehead atoms. The van der Waals surface area contributed by atoms with Crippen LogP contribution in [0, 0.1) is 0 Å². The molecule has 0 saturated carbocycles. The van der Waals surface area contributed by atoms with Gasteiger partial charge in [0, 0.05) is 33.2 Å². The largest absolute Gasteiger partial charge is 0.406 e. The van der Waals surface area contributed by atoms with Gasteiger partial charge in [-0.05, 0) is 19.2 Å². The second-order valence-corrected chi connectivity index (χ2v) is 7.35. The average molecular weight is 336 g/mol. The fraction of sp³-hybridized carbons (Fsp3) is 0.400. The Kier molecular flexibility index (Phi) is 4.27. The number of benzene rings is 1. The van der Waals surface area contributed by atoms with Gasteiger partial charge in [-0.2, -0.15) is 4.98 Å². The Morgan fingerprint density at radius 3 is 2.39 bits per heavy atom. The molecule has 1 fully saturated rings. The maximum atomic E-state index is 12.8. The predicted molar refractivity (Wildman–Crippen MR) is 87.7 cm³/mol. The van der Waals surface area contributed by atoms with Gasteiger partial charge < -0.3 is 19.5 Å². The van der Waals surface area contributed by atoms with Crippen molar-refractivity contribution in [2.24, 2.45) is 0 Å². The summed E-state index contributed by atoms with van der Waals surface area (Å²) >= 11 is 0. The van der Waals surface area contributed by atoms with Crippen molar-refractivity contribution in [3.63, 3.8) is 0 Å². The lowest BCUT2D eigenvalue weighted by Crippen LogP contribution is -2.44. The number of nitrogens with zero attached hydrogens (tertiary/aromatic N) is 3. The fourth-order valence-electron chi connectivity index (χ4n) is 2.48. The Hall–Kier alpha value is -2.06. The van der Waals surface area contributed by atoms with Gasteiger partial charge in [-0.1, -0.05) is 18.2 Å². The Labute approximate surface area is 135 Å². The van der Waals surface area contributed by atoms with Gasteiger partial charge in [0.2, 0.25) is 20.7 Å². The van der Waals surface area contributed by atoms with E-state index in [4.69, 9.17) is 4.42 Å². The lowest BCUT2D eigenvalue weighted by Gasteiger charge is -2.31. The zero-order valence-electron chi connectivity index (χ0n) is 13.2. The van der Waals surface area contributed by atoms with Crippen LogP contribution in [0.25, 0.3) is 0 Å². The van der Waals surface area contributed by atoms with Crippen LogP contribution in [0.5, 0.6) is 0 Å². The van der Waals surface area contributed by atoms with Gasteiger partial charge in [0.1, 0.15) is 0 Å². The minimum atomic E-state index is -3.71. The molecule has 0 amide bonds. The van der Waals surface area contributed by atoms with Crippen molar-refractivity contribution >= 4 is 21.7 Å². The molecule has 1 aliphatic rings. The number of sulfone groups is 1. The first-order chi connectivity index (χ1) is 11.0. The van der Waals surface area contributed by atoms with Crippen LogP contribution in [0.1, 0.15) is 0 Å². The number of hydrogen-bond donors (Lipinski definition) is 1. The molecule has 0 aliphatic carbocycles. The fourth-order valence-corrected chi connectivity index (χ4v) is 3.80. The minimum absolute atomic E-state index is 0.0693. The molecule has 0 atom stereocenters. The highest BCUT2D eigenvalue weighted by molar-refractivity contribution is 7.91. The van der Waals surface area contributed by atoms with Gasteiger partial charge >= 0.3 is 6.01 Å². The molecule has 7 nitrogen and oxygen atoms in total. The quantitative estimate of drug-likeness (QED) is 0.901. The molecule has 1 aliphatic heterocycles. The van der Waals surface area contributed by atoms with Gasteiger partial charge in [-0.15, -0.1) is 0 Å². The van der Waals surface area contributed by atoms with Gasteiger partial charge in [-0.3, -0.25) is 0 Å². The minimum Gasteiger partial charge on any atom is -0.406 e. The van der Waals surface area contributed by atoms with Crippen LogP contribution in [0.15, 0.2) is 44.7 Å². The first-order valence-electron chi connectivity index (χ1n) is 7.44. The number of anilines is 2. The van der Waals surface area contributed by atoms with Crippen molar-refractivity contribution < 1.29 is 12.8 Å². The van der Waals surface area contributed by atoms with Crippen LogP contribution in [-0.4, -0.2) is 58.6 Å². The number of rotatable bonds is 4. The van der Waals surface area contributed by atoms with E-state index in [9.17, 15) is 8.42 Å². The first-order valence-corrected chi connectivity index (χ1v) is 8.93. The summed E-state index contributed by atoms with van der Waals surface area (Å²) < 4.78 is 31.2. The highest BCUT2D eigenvalue weighted by atomic mass is 32.2. The first kappa shape index (κ1) is 15.8. The Morgan fingerprint density at radius 1 is 1.13 bits per heavy atom. The van der Waals surface area contributed by atoms with Crippen molar-refractivity contribution in [2.75, 3.05) is 50.5 Å². The number of piperazine rings is 1. The SMILES string of the molecule is CNc1oc(N2CCN(C)CC2)nc1S(=O)(=O)c1ccccc1. The van der Waals surface area contributed by atoms with Crippen molar-refractivity contribution in [1.82, 2.24) is 9.88 Å². The molecule has 1 aromatic heterocycles. The highest BCUT2D eigenvalue weighted by Crippen LogP contribution is 2.31. The summed E-state index contributed by atoms with van der Waals surface area (Å²) in [6, 6.07) is 8.60. The summed E-state index contributed by atoms with van der Waals surface area (Å²) in [7, 11) is -0.0387. The second kappa shape index (κ2) is 6.21. The molecule has 2 aromatic rings. The maximum Gasteiger partial charge on any atom is 0.300 e. The van der Waals surface area contributed by atoms with Crippen LogP contribution in [0.2, 0.25) is 0 Å². The third kappa shape index (κ3) is 3.04. The molecule has 23 heavy (non-hydrogen) atoms. The normalized spacial score (nSPS) is 16.5. The maximum absolute atomic E-state index is 12.8. The lowest BCUT2D eigenvalue weighted by molar-refractivity contribution is 0.305. The molecule has 0 spiro atoms. The van der Waals surface area contributed by atoms with Crippen LogP contribution in [0.3, 0.4) is 0 Å². The number of likely N-dealkylation sites (N-methyl/N-ethyl adjacent to an activating group) is 1. The van der Waals surface area contributed by atoms with Gasteiger partial charge in [-0.25, -0.2) is 8.42 Å². The van der Waals surface area contributed by atoms with Crippen LogP contribution in [0.4, 0.5) is 11.9 Å². The monoisotopic (exact) mass is 336 g/mol. The third-order valence-electron chi connectivity index (χ3n) is 3.89. The molecule has 0 unspecified atom stereocenters. The van der Waals surface area contributed by atoms with E-state index in [1.165, 1.54) is 0 Å². The zero-order valence-corrected chi connectivity index (χ0v) is 14.0. The van der Waals surface area contributed by atoms with Gasteiger partial charge in [0.25, 0.3) is 0 Å². The summed E-state index contributed by atoms with van der Waals surface area (Å²) in [6.45, 7) is 3.28. The second-order valence-electron chi connectivity index (χ2n) is 5.49. The van der Waals surface area contributed by atoms with E-state index in [1.807, 2.05) is 4.90 Å². The summed E-state index contributed by atoms with van der Waals surface area (Å²) in [6.07, 6.45) is 0. The molecule has 1 aromatic carbocycles. The number of oxazole rings is 1. The van der Waals surface area contributed by atoms with E-state index < -0.39 is 9.84 Å². The lowest BCUT2D eigenvalue weighted by atomic mass is 10.3. The van der Waals surface area contributed by atoms with Crippen LogP contribution >= 0.6 is 0 Å². The smallest absolute Gasteiger partial charge is 0.300 e. The van der Waals surface area contributed by atoms with Crippen molar-refractivity contribution in [2.45, 2.75) is 9.92 Å². The molecule has 124 valence electrons. The van der Waals surface area contributed by atoms with Crippen LogP contribution in [-0.2, 0) is 9.84 Å². The average Bonchev–Trinajstić information content (AvgIpc) is 3.01. The topological polar surface area (TPSA) is 78.7 Å². The highest BCUT2D eigenvalue weighted by Gasteiger charge is 2.29. The summed E-state index contributed by atoms with van der Waals surface area (Å²) in [4.78, 5) is 8.64. The van der Waals surface area contributed by atoms with E-state index in [0.717, 1.165) is 26.2 Å². The van der Waals surface area contributed by atoms with Crippen LogP contribution < -0.4 is 10.2 Å². The van der Waals surface area contributed by atoms with E-state index in [1.54, 1.807) is 37.4 Å². The predicted octanol–water partition coefficient (Wildman–Crippen LogP) is 1.30. The van der Waals surface area contributed by atoms with E-state index >= 15 is 0 Å².